The number of halogens is 1. The Kier molecular flexibility index (Phi) is 6.62. The van der Waals surface area contributed by atoms with Crippen molar-refractivity contribution in [3.05, 3.63) is 11.6 Å². The fraction of sp³-hybridized carbons (Fsp3) is 0.750. The lowest BCUT2D eigenvalue weighted by Crippen LogP contribution is -2.23. The van der Waals surface area contributed by atoms with Crippen LogP contribution in [0.2, 0.25) is 0 Å². The summed E-state index contributed by atoms with van der Waals surface area (Å²) in [6.45, 7) is 3.04. The number of ether oxygens (including phenoxy) is 1. The molecule has 0 atom stereocenters. The Balaban J connectivity index is 0.000001000. The van der Waals surface area contributed by atoms with Crippen molar-refractivity contribution >= 4 is 12.4 Å². The summed E-state index contributed by atoms with van der Waals surface area (Å²) >= 11 is 0. The van der Waals surface area contributed by atoms with Gasteiger partial charge in [-0.15, -0.1) is 12.4 Å². The first-order valence-corrected chi connectivity index (χ1v) is 3.81. The highest BCUT2D eigenvalue weighted by Gasteiger charge is 2.02. The molecule has 0 bridgehead atoms. The normalized spacial score (nSPS) is 17.4. The van der Waals surface area contributed by atoms with Gasteiger partial charge in [0.1, 0.15) is 0 Å². The Morgan fingerprint density at radius 1 is 1.45 bits per heavy atom. The fourth-order valence-corrected chi connectivity index (χ4v) is 1.15. The number of hydrogen-bond donors (Lipinski definition) is 1. The molecule has 0 saturated carbocycles. The molecule has 1 aliphatic heterocycles. The summed E-state index contributed by atoms with van der Waals surface area (Å²) in [6.07, 6.45) is 4.59. The van der Waals surface area contributed by atoms with E-state index in [1.807, 2.05) is 0 Å². The van der Waals surface area contributed by atoms with Gasteiger partial charge >= 0.3 is 0 Å². The molecule has 0 aliphatic carbocycles. The molecule has 1 rings (SSSR count). The molecule has 0 spiro atoms. The standard InChI is InChI=1S/C8H15NO.ClH/c1-10-7-4-8-2-5-9-6-3-8;/h4,9H,2-3,5-7H2,1H3;1H. The van der Waals surface area contributed by atoms with Crippen molar-refractivity contribution in [2.24, 2.45) is 0 Å². The van der Waals surface area contributed by atoms with Gasteiger partial charge in [0, 0.05) is 7.11 Å². The summed E-state index contributed by atoms with van der Waals surface area (Å²) in [4.78, 5) is 0. The van der Waals surface area contributed by atoms with Gasteiger partial charge in [-0.2, -0.15) is 0 Å². The predicted molar refractivity (Wildman–Crippen MR) is 49.3 cm³/mol. The van der Waals surface area contributed by atoms with Crippen LogP contribution in [0.15, 0.2) is 11.6 Å². The molecule has 1 saturated heterocycles. The second-order valence-corrected chi connectivity index (χ2v) is 2.57. The molecule has 1 aliphatic rings. The van der Waals surface area contributed by atoms with Crippen molar-refractivity contribution in [3.63, 3.8) is 0 Å². The second-order valence-electron chi connectivity index (χ2n) is 2.57. The van der Waals surface area contributed by atoms with Gasteiger partial charge in [-0.1, -0.05) is 11.6 Å². The molecule has 1 fully saturated rings. The zero-order valence-corrected chi connectivity index (χ0v) is 7.75. The Morgan fingerprint density at radius 2 is 2.09 bits per heavy atom. The van der Waals surface area contributed by atoms with Crippen LogP contribution in [0.25, 0.3) is 0 Å². The maximum absolute atomic E-state index is 4.95. The minimum atomic E-state index is 0. The van der Waals surface area contributed by atoms with E-state index in [1.54, 1.807) is 12.7 Å². The lowest BCUT2D eigenvalue weighted by molar-refractivity contribution is 0.232. The Bertz CT molecular complexity index is 117. The lowest BCUT2D eigenvalue weighted by atomic mass is 10.1. The van der Waals surface area contributed by atoms with Gasteiger partial charge in [0.2, 0.25) is 0 Å². The SMILES string of the molecule is COCC=C1CCNCC1.Cl. The van der Waals surface area contributed by atoms with E-state index in [0.717, 1.165) is 19.7 Å². The molecule has 0 radical (unpaired) electrons. The van der Waals surface area contributed by atoms with Gasteiger partial charge in [-0.3, -0.25) is 0 Å². The van der Waals surface area contributed by atoms with Gasteiger partial charge in [0.05, 0.1) is 6.61 Å². The van der Waals surface area contributed by atoms with Crippen LogP contribution in [0.1, 0.15) is 12.8 Å². The van der Waals surface area contributed by atoms with Crippen LogP contribution < -0.4 is 5.32 Å². The average Bonchev–Trinajstić information content (AvgIpc) is 2.03. The van der Waals surface area contributed by atoms with Crippen LogP contribution in [0, 0.1) is 0 Å². The molecular weight excluding hydrogens is 162 g/mol. The minimum Gasteiger partial charge on any atom is -0.381 e. The van der Waals surface area contributed by atoms with Gasteiger partial charge in [0.15, 0.2) is 0 Å². The van der Waals surface area contributed by atoms with Crippen LogP contribution >= 0.6 is 12.4 Å². The number of methoxy groups -OCH3 is 1. The molecule has 11 heavy (non-hydrogen) atoms. The van der Waals surface area contributed by atoms with E-state index in [1.165, 1.54) is 12.8 Å². The first kappa shape index (κ1) is 11.0. The van der Waals surface area contributed by atoms with E-state index in [2.05, 4.69) is 11.4 Å². The molecule has 3 heteroatoms. The third-order valence-electron chi connectivity index (χ3n) is 1.78. The molecule has 0 amide bonds. The zero-order chi connectivity index (χ0) is 7.23. The average molecular weight is 178 g/mol. The van der Waals surface area contributed by atoms with Gasteiger partial charge in [-0.25, -0.2) is 0 Å². The lowest BCUT2D eigenvalue weighted by Gasteiger charge is -2.14. The highest BCUT2D eigenvalue weighted by Crippen LogP contribution is 2.08. The molecule has 0 aromatic heterocycles. The van der Waals surface area contributed by atoms with E-state index in [-0.39, 0.29) is 12.4 Å². The van der Waals surface area contributed by atoms with Crippen molar-refractivity contribution in [1.82, 2.24) is 5.32 Å². The summed E-state index contributed by atoms with van der Waals surface area (Å²) in [7, 11) is 1.73. The summed E-state index contributed by atoms with van der Waals surface area (Å²) in [5, 5.41) is 3.31. The highest BCUT2D eigenvalue weighted by molar-refractivity contribution is 5.85. The quantitative estimate of drug-likeness (QED) is 0.644. The molecule has 1 N–H and O–H groups in total. The minimum absolute atomic E-state index is 0. The van der Waals surface area contributed by atoms with Crippen molar-refractivity contribution in [3.8, 4) is 0 Å². The third kappa shape index (κ3) is 4.40. The van der Waals surface area contributed by atoms with Crippen molar-refractivity contribution in [1.29, 1.82) is 0 Å². The van der Waals surface area contributed by atoms with E-state index in [0.29, 0.717) is 0 Å². The molecular formula is C8H16ClNO. The second kappa shape index (κ2) is 6.65. The van der Waals surface area contributed by atoms with E-state index < -0.39 is 0 Å². The van der Waals surface area contributed by atoms with E-state index >= 15 is 0 Å². The van der Waals surface area contributed by atoms with E-state index in [9.17, 15) is 0 Å². The maximum atomic E-state index is 4.95. The van der Waals surface area contributed by atoms with Crippen molar-refractivity contribution < 1.29 is 4.74 Å². The highest BCUT2D eigenvalue weighted by atomic mass is 35.5. The Morgan fingerprint density at radius 3 is 2.64 bits per heavy atom. The molecule has 2 nitrogen and oxygen atoms in total. The molecule has 0 aromatic carbocycles. The van der Waals surface area contributed by atoms with Crippen LogP contribution in [-0.4, -0.2) is 26.8 Å². The van der Waals surface area contributed by atoms with Gasteiger partial charge in [0.25, 0.3) is 0 Å². The maximum Gasteiger partial charge on any atom is 0.0646 e. The summed E-state index contributed by atoms with van der Waals surface area (Å²) in [6, 6.07) is 0. The molecule has 1 heterocycles. The van der Waals surface area contributed by atoms with Crippen molar-refractivity contribution in [2.45, 2.75) is 12.8 Å². The Hall–Kier alpha value is -0.0500. The van der Waals surface area contributed by atoms with Crippen LogP contribution in [0.4, 0.5) is 0 Å². The number of piperidine rings is 1. The predicted octanol–water partition coefficient (Wildman–Crippen LogP) is 1.36. The third-order valence-corrected chi connectivity index (χ3v) is 1.78. The Labute approximate surface area is 74.4 Å². The van der Waals surface area contributed by atoms with Crippen LogP contribution in [0.5, 0.6) is 0 Å². The summed E-state index contributed by atoms with van der Waals surface area (Å²) in [5.41, 5.74) is 1.54. The first-order chi connectivity index (χ1) is 4.93. The zero-order valence-electron chi connectivity index (χ0n) is 6.93. The van der Waals surface area contributed by atoms with Crippen molar-refractivity contribution in [2.75, 3.05) is 26.8 Å². The molecule has 0 aromatic rings. The smallest absolute Gasteiger partial charge is 0.0646 e. The monoisotopic (exact) mass is 177 g/mol. The number of nitrogens with one attached hydrogen (secondary N) is 1. The fourth-order valence-electron chi connectivity index (χ4n) is 1.15. The van der Waals surface area contributed by atoms with Crippen LogP contribution in [-0.2, 0) is 4.74 Å². The first-order valence-electron chi connectivity index (χ1n) is 3.81. The summed E-state index contributed by atoms with van der Waals surface area (Å²) < 4.78 is 4.95. The topological polar surface area (TPSA) is 21.3 Å². The molecule has 0 unspecified atom stereocenters. The summed E-state index contributed by atoms with van der Waals surface area (Å²) in [5.74, 6) is 0. The van der Waals surface area contributed by atoms with Gasteiger partial charge < -0.3 is 10.1 Å². The van der Waals surface area contributed by atoms with Gasteiger partial charge in [-0.05, 0) is 25.9 Å². The number of hydrogen-bond acceptors (Lipinski definition) is 2. The number of rotatable bonds is 2. The van der Waals surface area contributed by atoms with Crippen LogP contribution in [0.3, 0.4) is 0 Å². The largest absolute Gasteiger partial charge is 0.381 e. The van der Waals surface area contributed by atoms with E-state index in [4.69, 9.17) is 4.74 Å². The molecule has 66 valence electrons.